The van der Waals surface area contributed by atoms with Crippen molar-refractivity contribution in [2.24, 2.45) is 5.92 Å². The molecular formula is C17H22N2O3. The summed E-state index contributed by atoms with van der Waals surface area (Å²) < 4.78 is 10.6. The summed E-state index contributed by atoms with van der Waals surface area (Å²) in [6, 6.07) is 9.47. The van der Waals surface area contributed by atoms with Crippen molar-refractivity contribution in [2.45, 2.75) is 27.3 Å². The maximum atomic E-state index is 11.7. The van der Waals surface area contributed by atoms with Gasteiger partial charge in [-0.25, -0.2) is 0 Å². The second-order valence-electron chi connectivity index (χ2n) is 5.71. The highest BCUT2D eigenvalue weighted by Crippen LogP contribution is 2.24. The highest BCUT2D eigenvalue weighted by atomic mass is 16.5. The van der Waals surface area contributed by atoms with Gasteiger partial charge < -0.3 is 14.2 Å². The van der Waals surface area contributed by atoms with Gasteiger partial charge >= 0.3 is 0 Å². The Morgan fingerprint density at radius 1 is 1.36 bits per heavy atom. The molecule has 0 aliphatic carbocycles. The fourth-order valence-corrected chi connectivity index (χ4v) is 2.24. The Bertz CT molecular complexity index is 634. The predicted octanol–water partition coefficient (Wildman–Crippen LogP) is 3.35. The van der Waals surface area contributed by atoms with Gasteiger partial charge in [-0.15, -0.1) is 0 Å². The van der Waals surface area contributed by atoms with Gasteiger partial charge in [-0.2, -0.15) is 0 Å². The van der Waals surface area contributed by atoms with Crippen LogP contribution in [0, 0.1) is 5.92 Å². The molecule has 0 N–H and O–H groups in total. The molecule has 0 aliphatic rings. The minimum atomic E-state index is 0.0413. The lowest BCUT2D eigenvalue weighted by Crippen LogP contribution is -2.31. The molecule has 1 heterocycles. The molecule has 1 amide bonds. The molecule has 1 aromatic heterocycles. The van der Waals surface area contributed by atoms with Gasteiger partial charge in [-0.3, -0.25) is 4.79 Å². The van der Waals surface area contributed by atoms with Crippen LogP contribution in [0.15, 0.2) is 34.9 Å². The van der Waals surface area contributed by atoms with E-state index in [-0.39, 0.29) is 5.91 Å². The molecule has 0 bridgehead atoms. The Hall–Kier alpha value is -2.30. The average Bonchev–Trinajstić information content (AvgIpc) is 2.94. The number of ether oxygens (including phenoxy) is 1. The Balaban J connectivity index is 2.14. The van der Waals surface area contributed by atoms with Crippen LogP contribution in [0.25, 0.3) is 11.3 Å². The Morgan fingerprint density at radius 2 is 2.14 bits per heavy atom. The van der Waals surface area contributed by atoms with Crippen LogP contribution in [-0.2, 0) is 11.3 Å². The first-order valence-corrected chi connectivity index (χ1v) is 7.35. The van der Waals surface area contributed by atoms with E-state index in [1.807, 2.05) is 30.3 Å². The molecule has 1 aromatic carbocycles. The summed E-state index contributed by atoms with van der Waals surface area (Å²) in [5.41, 5.74) is 1.64. The number of methoxy groups -OCH3 is 1. The zero-order chi connectivity index (χ0) is 16.1. The van der Waals surface area contributed by atoms with E-state index >= 15 is 0 Å². The highest BCUT2D eigenvalue weighted by Gasteiger charge is 2.15. The minimum Gasteiger partial charge on any atom is -0.497 e. The van der Waals surface area contributed by atoms with E-state index in [4.69, 9.17) is 9.26 Å². The van der Waals surface area contributed by atoms with Gasteiger partial charge in [-0.05, 0) is 18.1 Å². The molecule has 0 saturated carbocycles. The molecule has 0 fully saturated rings. The van der Waals surface area contributed by atoms with Crippen molar-refractivity contribution < 1.29 is 14.1 Å². The van der Waals surface area contributed by atoms with Crippen molar-refractivity contribution in [2.75, 3.05) is 13.7 Å². The summed E-state index contributed by atoms with van der Waals surface area (Å²) >= 11 is 0. The number of hydrogen-bond donors (Lipinski definition) is 0. The number of hydrogen-bond acceptors (Lipinski definition) is 4. The van der Waals surface area contributed by atoms with Crippen LogP contribution in [0.2, 0.25) is 0 Å². The van der Waals surface area contributed by atoms with Crippen LogP contribution in [0.5, 0.6) is 5.75 Å². The topological polar surface area (TPSA) is 55.6 Å². The SMILES string of the molecule is COc1cccc(-c2cc(CN(CC(C)C)C(C)=O)no2)c1. The standard InChI is InChI=1S/C17H22N2O3/c1-12(2)10-19(13(3)20)11-15-9-17(22-18-15)14-6-5-7-16(8-14)21-4/h5-9,12H,10-11H2,1-4H3. The van der Waals surface area contributed by atoms with E-state index in [0.717, 1.165) is 17.0 Å². The third-order valence-electron chi connectivity index (χ3n) is 3.30. The number of carbonyl (C=O) groups excluding carboxylic acids is 1. The molecule has 0 radical (unpaired) electrons. The van der Waals surface area contributed by atoms with E-state index in [1.165, 1.54) is 0 Å². The molecule has 5 heteroatoms. The first-order chi connectivity index (χ1) is 10.5. The van der Waals surface area contributed by atoms with Crippen LogP contribution in [0.4, 0.5) is 0 Å². The maximum Gasteiger partial charge on any atom is 0.219 e. The molecule has 22 heavy (non-hydrogen) atoms. The number of carbonyl (C=O) groups is 1. The predicted molar refractivity (Wildman–Crippen MR) is 84.4 cm³/mol. The maximum absolute atomic E-state index is 11.7. The average molecular weight is 302 g/mol. The van der Waals surface area contributed by atoms with Crippen molar-refractivity contribution >= 4 is 5.91 Å². The monoisotopic (exact) mass is 302 g/mol. The van der Waals surface area contributed by atoms with Crippen LogP contribution in [0.3, 0.4) is 0 Å². The van der Waals surface area contributed by atoms with Crippen molar-refractivity contribution in [3.05, 3.63) is 36.0 Å². The summed E-state index contributed by atoms with van der Waals surface area (Å²) in [5.74, 6) is 1.89. The number of benzene rings is 1. The highest BCUT2D eigenvalue weighted by molar-refractivity contribution is 5.73. The Morgan fingerprint density at radius 3 is 2.77 bits per heavy atom. The van der Waals surface area contributed by atoms with E-state index < -0.39 is 0 Å². The van der Waals surface area contributed by atoms with Crippen molar-refractivity contribution in [1.82, 2.24) is 10.1 Å². The third kappa shape index (κ3) is 4.10. The third-order valence-corrected chi connectivity index (χ3v) is 3.30. The molecular weight excluding hydrogens is 280 g/mol. The van der Waals surface area contributed by atoms with E-state index in [2.05, 4.69) is 19.0 Å². The lowest BCUT2D eigenvalue weighted by molar-refractivity contribution is -0.130. The molecule has 2 aromatic rings. The molecule has 0 aliphatic heterocycles. The molecule has 0 atom stereocenters. The fourth-order valence-electron chi connectivity index (χ4n) is 2.24. The van der Waals surface area contributed by atoms with E-state index in [0.29, 0.717) is 24.8 Å². The molecule has 2 rings (SSSR count). The Kier molecular flexibility index (Phi) is 5.20. The van der Waals surface area contributed by atoms with Crippen molar-refractivity contribution in [3.63, 3.8) is 0 Å². The molecule has 118 valence electrons. The number of rotatable bonds is 6. The van der Waals surface area contributed by atoms with Gasteiger partial charge in [0.15, 0.2) is 5.76 Å². The normalized spacial score (nSPS) is 10.8. The largest absolute Gasteiger partial charge is 0.497 e. The number of aromatic nitrogens is 1. The first kappa shape index (κ1) is 16.1. The van der Waals surface area contributed by atoms with Gasteiger partial charge in [-0.1, -0.05) is 31.1 Å². The summed E-state index contributed by atoms with van der Waals surface area (Å²) in [5, 5.41) is 4.07. The minimum absolute atomic E-state index is 0.0413. The molecule has 0 spiro atoms. The van der Waals surface area contributed by atoms with Crippen LogP contribution in [0.1, 0.15) is 26.5 Å². The lowest BCUT2D eigenvalue weighted by Gasteiger charge is -2.21. The lowest BCUT2D eigenvalue weighted by atomic mass is 10.1. The molecule has 0 saturated heterocycles. The number of amides is 1. The van der Waals surface area contributed by atoms with Gasteiger partial charge in [0, 0.05) is 25.1 Å². The second-order valence-corrected chi connectivity index (χ2v) is 5.71. The van der Waals surface area contributed by atoms with Gasteiger partial charge in [0.1, 0.15) is 11.4 Å². The van der Waals surface area contributed by atoms with Crippen molar-refractivity contribution in [3.8, 4) is 17.1 Å². The number of nitrogens with zero attached hydrogens (tertiary/aromatic N) is 2. The summed E-state index contributed by atoms with van der Waals surface area (Å²) in [6.45, 7) is 6.91. The van der Waals surface area contributed by atoms with Crippen LogP contribution < -0.4 is 4.74 Å². The first-order valence-electron chi connectivity index (χ1n) is 7.35. The van der Waals surface area contributed by atoms with Crippen molar-refractivity contribution in [1.29, 1.82) is 0 Å². The van der Waals surface area contributed by atoms with Crippen LogP contribution in [-0.4, -0.2) is 29.6 Å². The Labute approximate surface area is 130 Å². The zero-order valence-electron chi connectivity index (χ0n) is 13.5. The van der Waals surface area contributed by atoms with Gasteiger partial charge in [0.05, 0.1) is 13.7 Å². The summed E-state index contributed by atoms with van der Waals surface area (Å²) in [7, 11) is 1.63. The fraction of sp³-hybridized carbons (Fsp3) is 0.412. The van der Waals surface area contributed by atoms with Gasteiger partial charge in [0.25, 0.3) is 0 Å². The quantitative estimate of drug-likeness (QED) is 0.821. The van der Waals surface area contributed by atoms with Crippen LogP contribution >= 0.6 is 0 Å². The smallest absolute Gasteiger partial charge is 0.219 e. The zero-order valence-corrected chi connectivity index (χ0v) is 13.5. The summed E-state index contributed by atoms with van der Waals surface area (Å²) in [6.07, 6.45) is 0. The summed E-state index contributed by atoms with van der Waals surface area (Å²) in [4.78, 5) is 13.5. The van der Waals surface area contributed by atoms with E-state index in [9.17, 15) is 4.79 Å². The molecule has 5 nitrogen and oxygen atoms in total. The second kappa shape index (κ2) is 7.11. The molecule has 0 unspecified atom stereocenters. The van der Waals surface area contributed by atoms with E-state index in [1.54, 1.807) is 18.9 Å². The van der Waals surface area contributed by atoms with Gasteiger partial charge in [0.2, 0.25) is 5.91 Å².